The van der Waals surface area contributed by atoms with Crippen molar-refractivity contribution in [3.05, 3.63) is 47.8 Å². The third-order valence-electron chi connectivity index (χ3n) is 3.76. The van der Waals surface area contributed by atoms with Crippen molar-refractivity contribution in [3.8, 4) is 0 Å². The van der Waals surface area contributed by atoms with E-state index in [0.717, 1.165) is 19.5 Å². The molecule has 1 unspecified atom stereocenters. The van der Waals surface area contributed by atoms with Crippen LogP contribution < -0.4 is 10.2 Å². The van der Waals surface area contributed by atoms with Gasteiger partial charge in [0.05, 0.1) is 6.20 Å². The van der Waals surface area contributed by atoms with Crippen molar-refractivity contribution in [1.82, 2.24) is 15.1 Å². The number of para-hydroxylation sites is 1. The van der Waals surface area contributed by atoms with Crippen LogP contribution in [0.4, 0.5) is 5.69 Å². The zero-order valence-corrected chi connectivity index (χ0v) is 13.5. The molecule has 0 fully saturated rings. The molecule has 1 aromatic carbocycles. The largest absolute Gasteiger partial charge is 0.370 e. The van der Waals surface area contributed by atoms with Gasteiger partial charge in [0.25, 0.3) is 0 Å². The fourth-order valence-electron chi connectivity index (χ4n) is 2.76. The molecule has 0 saturated heterocycles. The van der Waals surface area contributed by atoms with E-state index in [9.17, 15) is 0 Å². The summed E-state index contributed by atoms with van der Waals surface area (Å²) >= 11 is 0. The molecule has 1 aromatic heterocycles. The highest BCUT2D eigenvalue weighted by atomic mass is 15.2. The van der Waals surface area contributed by atoms with Gasteiger partial charge in [-0.3, -0.25) is 4.68 Å². The van der Waals surface area contributed by atoms with Gasteiger partial charge >= 0.3 is 0 Å². The van der Waals surface area contributed by atoms with Crippen LogP contribution in [0.25, 0.3) is 0 Å². The summed E-state index contributed by atoms with van der Waals surface area (Å²) in [6, 6.07) is 9.06. The molecule has 4 heteroatoms. The summed E-state index contributed by atoms with van der Waals surface area (Å²) in [6.07, 6.45) is 5.09. The van der Waals surface area contributed by atoms with Crippen LogP contribution in [-0.2, 0) is 13.6 Å². The maximum atomic E-state index is 4.24. The van der Waals surface area contributed by atoms with Gasteiger partial charge < -0.3 is 10.2 Å². The van der Waals surface area contributed by atoms with E-state index >= 15 is 0 Å². The van der Waals surface area contributed by atoms with Crippen molar-refractivity contribution < 1.29 is 0 Å². The average Bonchev–Trinajstić information content (AvgIpc) is 2.90. The molecule has 1 heterocycles. The summed E-state index contributed by atoms with van der Waals surface area (Å²) in [6.45, 7) is 6.24. The molecule has 4 nitrogen and oxygen atoms in total. The zero-order chi connectivity index (χ0) is 15.2. The quantitative estimate of drug-likeness (QED) is 0.849. The highest BCUT2D eigenvalue weighted by Crippen LogP contribution is 2.28. The number of rotatable bonds is 7. The molecule has 1 atom stereocenters. The Morgan fingerprint density at radius 1 is 1.29 bits per heavy atom. The molecule has 0 saturated carbocycles. The Balaban J connectivity index is 2.21. The Labute approximate surface area is 127 Å². The molecule has 0 aliphatic rings. The number of aryl methyl sites for hydroxylation is 1. The molecule has 0 amide bonds. The Morgan fingerprint density at radius 3 is 2.67 bits per heavy atom. The molecule has 0 aliphatic carbocycles. The van der Waals surface area contributed by atoms with Gasteiger partial charge in [0, 0.05) is 44.1 Å². The topological polar surface area (TPSA) is 33.1 Å². The standard InChI is InChI=1S/C17H26N4/c1-5-16(18-6-2)15-9-7-8-10-17(15)20(3)12-14-11-19-21(4)13-14/h7-11,13,16,18H,5-6,12H2,1-4H3. The van der Waals surface area contributed by atoms with Crippen molar-refractivity contribution in [3.63, 3.8) is 0 Å². The molecule has 1 N–H and O–H groups in total. The Morgan fingerprint density at radius 2 is 2.05 bits per heavy atom. The van der Waals surface area contributed by atoms with Gasteiger partial charge in [-0.25, -0.2) is 0 Å². The highest BCUT2D eigenvalue weighted by Gasteiger charge is 2.15. The van der Waals surface area contributed by atoms with Crippen molar-refractivity contribution in [2.45, 2.75) is 32.9 Å². The number of anilines is 1. The van der Waals surface area contributed by atoms with Gasteiger partial charge in [-0.15, -0.1) is 0 Å². The maximum Gasteiger partial charge on any atom is 0.0539 e. The number of hydrogen-bond acceptors (Lipinski definition) is 3. The van der Waals surface area contributed by atoms with Crippen LogP contribution in [0.5, 0.6) is 0 Å². The summed E-state index contributed by atoms with van der Waals surface area (Å²) in [5, 5.41) is 7.81. The van der Waals surface area contributed by atoms with Crippen molar-refractivity contribution in [1.29, 1.82) is 0 Å². The third-order valence-corrected chi connectivity index (χ3v) is 3.76. The average molecular weight is 286 g/mol. The van der Waals surface area contributed by atoms with Gasteiger partial charge in [0.1, 0.15) is 0 Å². The summed E-state index contributed by atoms with van der Waals surface area (Å²) < 4.78 is 1.85. The fourth-order valence-corrected chi connectivity index (χ4v) is 2.76. The van der Waals surface area contributed by atoms with E-state index in [0.29, 0.717) is 6.04 Å². The lowest BCUT2D eigenvalue weighted by atomic mass is 10.0. The first-order valence-electron chi connectivity index (χ1n) is 7.66. The normalized spacial score (nSPS) is 12.4. The van der Waals surface area contributed by atoms with Crippen LogP contribution >= 0.6 is 0 Å². The summed E-state index contributed by atoms with van der Waals surface area (Å²) in [7, 11) is 4.10. The van der Waals surface area contributed by atoms with Crippen LogP contribution in [0.15, 0.2) is 36.7 Å². The minimum atomic E-state index is 0.405. The fraction of sp³-hybridized carbons (Fsp3) is 0.471. The summed E-state index contributed by atoms with van der Waals surface area (Å²) in [4.78, 5) is 2.30. The van der Waals surface area contributed by atoms with E-state index in [2.05, 4.69) is 66.7 Å². The lowest BCUT2D eigenvalue weighted by Crippen LogP contribution is -2.24. The number of nitrogens with zero attached hydrogens (tertiary/aromatic N) is 3. The maximum absolute atomic E-state index is 4.24. The second-order valence-corrected chi connectivity index (χ2v) is 5.46. The van der Waals surface area contributed by atoms with Crippen LogP contribution in [0.1, 0.15) is 37.4 Å². The molecule has 0 spiro atoms. The summed E-state index contributed by atoms with van der Waals surface area (Å²) in [5.41, 5.74) is 3.88. The van der Waals surface area contributed by atoms with Gasteiger partial charge in [-0.2, -0.15) is 5.10 Å². The monoisotopic (exact) mass is 286 g/mol. The van der Waals surface area contributed by atoms with Crippen molar-refractivity contribution in [2.75, 3.05) is 18.5 Å². The van der Waals surface area contributed by atoms with E-state index < -0.39 is 0 Å². The predicted octanol–water partition coefficient (Wildman–Crippen LogP) is 3.12. The first-order chi connectivity index (χ1) is 10.2. The zero-order valence-electron chi connectivity index (χ0n) is 13.5. The number of hydrogen-bond donors (Lipinski definition) is 1. The Bertz CT molecular complexity index is 561. The van der Waals surface area contributed by atoms with E-state index in [4.69, 9.17) is 0 Å². The molecular weight excluding hydrogens is 260 g/mol. The van der Waals surface area contributed by atoms with Gasteiger partial charge in [0.2, 0.25) is 0 Å². The van der Waals surface area contributed by atoms with E-state index in [1.54, 1.807) is 0 Å². The molecule has 0 bridgehead atoms. The number of nitrogens with one attached hydrogen (secondary N) is 1. The lowest BCUT2D eigenvalue weighted by molar-refractivity contribution is 0.537. The van der Waals surface area contributed by atoms with Crippen molar-refractivity contribution >= 4 is 5.69 Å². The third kappa shape index (κ3) is 3.85. The smallest absolute Gasteiger partial charge is 0.0539 e. The van der Waals surface area contributed by atoms with Crippen LogP contribution in [-0.4, -0.2) is 23.4 Å². The lowest BCUT2D eigenvalue weighted by Gasteiger charge is -2.26. The second kappa shape index (κ2) is 7.27. The van der Waals surface area contributed by atoms with Crippen LogP contribution in [0.2, 0.25) is 0 Å². The molecule has 0 aliphatic heterocycles. The molecule has 2 rings (SSSR count). The van der Waals surface area contributed by atoms with E-state index in [1.165, 1.54) is 16.8 Å². The highest BCUT2D eigenvalue weighted by molar-refractivity contribution is 5.54. The Hall–Kier alpha value is -1.81. The minimum absolute atomic E-state index is 0.405. The van der Waals surface area contributed by atoms with Gasteiger partial charge in [-0.1, -0.05) is 32.0 Å². The molecular formula is C17H26N4. The van der Waals surface area contributed by atoms with Crippen LogP contribution in [0, 0.1) is 0 Å². The molecule has 2 aromatic rings. The SMILES string of the molecule is CCNC(CC)c1ccccc1N(C)Cc1cnn(C)c1. The Kier molecular flexibility index (Phi) is 5.39. The molecule has 0 radical (unpaired) electrons. The predicted molar refractivity (Wildman–Crippen MR) is 88.5 cm³/mol. The molecule has 21 heavy (non-hydrogen) atoms. The van der Waals surface area contributed by atoms with Gasteiger partial charge in [-0.05, 0) is 24.6 Å². The van der Waals surface area contributed by atoms with Crippen LogP contribution in [0.3, 0.4) is 0 Å². The summed E-state index contributed by atoms with van der Waals surface area (Å²) in [5.74, 6) is 0. The van der Waals surface area contributed by atoms with E-state index in [-0.39, 0.29) is 0 Å². The van der Waals surface area contributed by atoms with Crippen molar-refractivity contribution in [2.24, 2.45) is 7.05 Å². The minimum Gasteiger partial charge on any atom is -0.370 e. The van der Waals surface area contributed by atoms with Gasteiger partial charge in [0.15, 0.2) is 0 Å². The first kappa shape index (κ1) is 15.6. The number of benzene rings is 1. The second-order valence-electron chi connectivity index (χ2n) is 5.46. The number of aromatic nitrogens is 2. The van der Waals surface area contributed by atoms with E-state index in [1.807, 2.05) is 17.9 Å². The molecule has 114 valence electrons. The first-order valence-corrected chi connectivity index (χ1v) is 7.66.